The lowest BCUT2D eigenvalue weighted by atomic mass is 10.3. The normalized spacial score (nSPS) is 13.5. The highest BCUT2D eigenvalue weighted by molar-refractivity contribution is 7.13. The van der Waals surface area contributed by atoms with Crippen molar-refractivity contribution in [1.82, 2.24) is 25.3 Å². The first-order valence-corrected chi connectivity index (χ1v) is 9.36. The number of hydrogen-bond donors (Lipinski definition) is 1. The number of thiazole rings is 1. The van der Waals surface area contributed by atoms with Gasteiger partial charge in [-0.25, -0.2) is 19.8 Å². The second-order valence-electron chi connectivity index (χ2n) is 5.65. The van der Waals surface area contributed by atoms with Gasteiger partial charge in [-0.1, -0.05) is 0 Å². The number of nitrogens with one attached hydrogen (secondary N) is 1. The Balaban J connectivity index is 1.66. The molecule has 9 nitrogen and oxygen atoms in total. The molecule has 142 valence electrons. The van der Waals surface area contributed by atoms with Crippen LogP contribution in [0.2, 0.25) is 0 Å². The molecule has 0 spiro atoms. The Morgan fingerprint density at radius 3 is 2.85 bits per heavy atom. The Kier molecular flexibility index (Phi) is 5.97. The van der Waals surface area contributed by atoms with Crippen LogP contribution in [0, 0.1) is 0 Å². The van der Waals surface area contributed by atoms with Crippen LogP contribution >= 0.6 is 11.3 Å². The van der Waals surface area contributed by atoms with Gasteiger partial charge in [0.1, 0.15) is 17.2 Å². The highest BCUT2D eigenvalue weighted by Gasteiger charge is 2.32. The van der Waals surface area contributed by atoms with Crippen molar-refractivity contribution in [2.75, 3.05) is 26.2 Å². The minimum Gasteiger partial charge on any atom is -0.465 e. The van der Waals surface area contributed by atoms with Crippen LogP contribution in [0.3, 0.4) is 0 Å². The summed E-state index contributed by atoms with van der Waals surface area (Å²) in [6.07, 6.45) is 4.00. The van der Waals surface area contributed by atoms with Crippen LogP contribution in [0.4, 0.5) is 4.79 Å². The van der Waals surface area contributed by atoms with Crippen LogP contribution in [0.25, 0.3) is 10.6 Å². The monoisotopic (exact) mass is 389 g/mol. The summed E-state index contributed by atoms with van der Waals surface area (Å²) >= 11 is 1.34. The van der Waals surface area contributed by atoms with Gasteiger partial charge in [-0.3, -0.25) is 14.6 Å². The third-order valence-corrected chi connectivity index (χ3v) is 4.71. The van der Waals surface area contributed by atoms with Crippen LogP contribution in [-0.2, 0) is 9.53 Å². The highest BCUT2D eigenvalue weighted by Crippen LogP contribution is 2.24. The van der Waals surface area contributed by atoms with Crippen molar-refractivity contribution in [3.8, 4) is 10.6 Å². The van der Waals surface area contributed by atoms with E-state index in [-0.39, 0.29) is 24.8 Å². The molecule has 1 aliphatic heterocycles. The zero-order valence-electron chi connectivity index (χ0n) is 14.8. The van der Waals surface area contributed by atoms with Crippen molar-refractivity contribution in [3.05, 3.63) is 35.6 Å². The molecule has 10 heteroatoms. The molecule has 0 radical (unpaired) electrons. The summed E-state index contributed by atoms with van der Waals surface area (Å²) < 4.78 is 4.78. The molecule has 27 heavy (non-hydrogen) atoms. The van der Waals surface area contributed by atoms with Gasteiger partial charge in [0.25, 0.3) is 5.91 Å². The molecular weight excluding hydrogens is 370 g/mol. The molecule has 2 aromatic heterocycles. The van der Waals surface area contributed by atoms with E-state index in [1.165, 1.54) is 21.4 Å². The quantitative estimate of drug-likeness (QED) is 0.778. The number of hydrogen-bond acceptors (Lipinski definition) is 7. The standard InChI is InChI=1S/C17H19N5O4S/c1-2-26-14(23)10-19-17(25)22-8-4-7-21(22)16(24)13-11-27-15(20-13)12-5-3-6-18-9-12/h3,5-6,9,11H,2,4,7-8,10H2,1H3,(H,19,25). The first kappa shape index (κ1) is 18.8. The van der Waals surface area contributed by atoms with Gasteiger partial charge in [0.15, 0.2) is 0 Å². The number of urea groups is 1. The lowest BCUT2D eigenvalue weighted by Crippen LogP contribution is -2.50. The predicted octanol–water partition coefficient (Wildman–Crippen LogP) is 1.54. The van der Waals surface area contributed by atoms with E-state index in [4.69, 9.17) is 4.74 Å². The molecule has 1 aliphatic rings. The van der Waals surface area contributed by atoms with Gasteiger partial charge in [0, 0.05) is 36.4 Å². The van der Waals surface area contributed by atoms with E-state index < -0.39 is 12.0 Å². The second kappa shape index (κ2) is 8.58. The summed E-state index contributed by atoms with van der Waals surface area (Å²) in [7, 11) is 0. The maximum atomic E-state index is 12.8. The Morgan fingerprint density at radius 1 is 1.30 bits per heavy atom. The number of amides is 3. The lowest BCUT2D eigenvalue weighted by Gasteiger charge is -2.27. The summed E-state index contributed by atoms with van der Waals surface area (Å²) in [5.74, 6) is -0.881. The van der Waals surface area contributed by atoms with Gasteiger partial charge in [-0.05, 0) is 25.5 Å². The molecule has 1 N–H and O–H groups in total. The van der Waals surface area contributed by atoms with Gasteiger partial charge in [0.05, 0.1) is 6.61 Å². The molecular formula is C17H19N5O4S. The van der Waals surface area contributed by atoms with E-state index in [1.54, 1.807) is 30.8 Å². The van der Waals surface area contributed by atoms with Crippen molar-refractivity contribution < 1.29 is 19.1 Å². The number of ether oxygens (including phenoxy) is 1. The third kappa shape index (κ3) is 4.40. The number of rotatable bonds is 5. The number of nitrogens with zero attached hydrogens (tertiary/aromatic N) is 4. The molecule has 0 unspecified atom stereocenters. The SMILES string of the molecule is CCOC(=O)CNC(=O)N1CCCN1C(=O)c1csc(-c2cccnc2)n1. The van der Waals surface area contributed by atoms with Gasteiger partial charge < -0.3 is 10.1 Å². The Morgan fingerprint density at radius 2 is 2.11 bits per heavy atom. The summed E-state index contributed by atoms with van der Waals surface area (Å²) in [5.41, 5.74) is 1.09. The fourth-order valence-electron chi connectivity index (χ4n) is 2.61. The van der Waals surface area contributed by atoms with E-state index in [1.807, 2.05) is 6.07 Å². The van der Waals surface area contributed by atoms with Gasteiger partial charge in [0.2, 0.25) is 0 Å². The molecule has 1 fully saturated rings. The lowest BCUT2D eigenvalue weighted by molar-refractivity contribution is -0.141. The summed E-state index contributed by atoms with van der Waals surface area (Å²) in [6.45, 7) is 2.48. The highest BCUT2D eigenvalue weighted by atomic mass is 32.1. The van der Waals surface area contributed by atoms with Gasteiger partial charge in [-0.15, -0.1) is 11.3 Å². The van der Waals surface area contributed by atoms with Crippen molar-refractivity contribution in [2.45, 2.75) is 13.3 Å². The molecule has 1 saturated heterocycles. The molecule has 2 aromatic rings. The first-order valence-electron chi connectivity index (χ1n) is 8.49. The number of carbonyl (C=O) groups is 3. The molecule has 3 rings (SSSR count). The van der Waals surface area contributed by atoms with Crippen LogP contribution in [0.5, 0.6) is 0 Å². The third-order valence-electron chi connectivity index (χ3n) is 3.82. The van der Waals surface area contributed by atoms with Gasteiger partial charge >= 0.3 is 12.0 Å². The predicted molar refractivity (Wildman–Crippen MR) is 97.7 cm³/mol. The number of aromatic nitrogens is 2. The fourth-order valence-corrected chi connectivity index (χ4v) is 3.40. The molecule has 0 atom stereocenters. The average molecular weight is 389 g/mol. The maximum absolute atomic E-state index is 12.8. The fraction of sp³-hybridized carbons (Fsp3) is 0.353. The molecule has 0 aromatic carbocycles. The van der Waals surface area contributed by atoms with E-state index in [0.29, 0.717) is 24.5 Å². The topological polar surface area (TPSA) is 105 Å². The van der Waals surface area contributed by atoms with Crippen LogP contribution in [0.1, 0.15) is 23.8 Å². The zero-order valence-corrected chi connectivity index (χ0v) is 15.6. The van der Waals surface area contributed by atoms with Crippen molar-refractivity contribution >= 4 is 29.2 Å². The van der Waals surface area contributed by atoms with E-state index in [2.05, 4.69) is 15.3 Å². The molecule has 3 amide bonds. The Hall–Kier alpha value is -3.01. The average Bonchev–Trinajstić information content (AvgIpc) is 3.36. The second-order valence-corrected chi connectivity index (χ2v) is 6.51. The number of pyridine rings is 1. The zero-order chi connectivity index (χ0) is 19.2. The Labute approximate surface area is 159 Å². The first-order chi connectivity index (χ1) is 13.1. The maximum Gasteiger partial charge on any atom is 0.336 e. The van der Waals surface area contributed by atoms with Crippen molar-refractivity contribution in [2.24, 2.45) is 0 Å². The van der Waals surface area contributed by atoms with Crippen LogP contribution in [0.15, 0.2) is 29.9 Å². The molecule has 0 saturated carbocycles. The Bertz CT molecular complexity index is 826. The van der Waals surface area contributed by atoms with E-state index >= 15 is 0 Å². The van der Waals surface area contributed by atoms with E-state index in [9.17, 15) is 14.4 Å². The van der Waals surface area contributed by atoms with Crippen LogP contribution < -0.4 is 5.32 Å². The van der Waals surface area contributed by atoms with E-state index in [0.717, 1.165) is 5.56 Å². The minimum absolute atomic E-state index is 0.242. The van der Waals surface area contributed by atoms with Gasteiger partial charge in [-0.2, -0.15) is 0 Å². The number of hydrazine groups is 1. The molecule has 0 aliphatic carbocycles. The molecule has 3 heterocycles. The minimum atomic E-state index is -0.525. The number of carbonyl (C=O) groups excluding carboxylic acids is 3. The largest absolute Gasteiger partial charge is 0.465 e. The van der Waals surface area contributed by atoms with Crippen LogP contribution in [-0.4, -0.2) is 64.1 Å². The smallest absolute Gasteiger partial charge is 0.336 e. The summed E-state index contributed by atoms with van der Waals surface area (Å²) in [6, 6.07) is 3.15. The molecule has 0 bridgehead atoms. The van der Waals surface area contributed by atoms with Crippen molar-refractivity contribution in [3.63, 3.8) is 0 Å². The number of esters is 1. The van der Waals surface area contributed by atoms with Crippen molar-refractivity contribution in [1.29, 1.82) is 0 Å². The summed E-state index contributed by atoms with van der Waals surface area (Å²) in [5, 5.41) is 7.46. The summed E-state index contributed by atoms with van der Waals surface area (Å²) in [4.78, 5) is 44.9.